The lowest BCUT2D eigenvalue weighted by atomic mass is 10.3. The van der Waals surface area contributed by atoms with E-state index in [4.69, 9.17) is 4.74 Å². The highest BCUT2D eigenvalue weighted by Crippen LogP contribution is 2.17. The van der Waals surface area contributed by atoms with Gasteiger partial charge in [0.05, 0.1) is 4.92 Å². The summed E-state index contributed by atoms with van der Waals surface area (Å²) in [5.74, 6) is -0.940. The van der Waals surface area contributed by atoms with Crippen LogP contribution in [0.2, 0.25) is 0 Å². The smallest absolute Gasteiger partial charge is 0.426 e. The number of nitro groups is 1. The second-order valence-electron chi connectivity index (χ2n) is 4.87. The summed E-state index contributed by atoms with van der Waals surface area (Å²) in [4.78, 5) is 33.5. The second kappa shape index (κ2) is 7.99. The van der Waals surface area contributed by atoms with Crippen molar-refractivity contribution in [2.75, 3.05) is 0 Å². The molecule has 10 heteroatoms. The number of ether oxygens (including phenoxy) is 2. The van der Waals surface area contributed by atoms with Gasteiger partial charge < -0.3 is 9.47 Å². The molecule has 2 rings (SSSR count). The Morgan fingerprint density at radius 1 is 1.32 bits per heavy atom. The van der Waals surface area contributed by atoms with Gasteiger partial charge in [-0.05, 0) is 24.6 Å². The van der Waals surface area contributed by atoms with Crippen LogP contribution in [-0.4, -0.2) is 33.1 Å². The third-order valence-electron chi connectivity index (χ3n) is 2.99. The number of rotatable bonds is 6. The molecule has 0 radical (unpaired) electrons. The van der Waals surface area contributed by atoms with E-state index in [2.05, 4.69) is 9.84 Å². The molecule has 25 heavy (non-hydrogen) atoms. The third kappa shape index (κ3) is 4.83. The van der Waals surface area contributed by atoms with E-state index in [-0.39, 0.29) is 23.6 Å². The van der Waals surface area contributed by atoms with Crippen molar-refractivity contribution in [3.63, 3.8) is 0 Å². The second-order valence-corrected chi connectivity index (χ2v) is 4.87. The predicted octanol–water partition coefficient (Wildman–Crippen LogP) is 3.09. The van der Waals surface area contributed by atoms with Gasteiger partial charge >= 0.3 is 12.1 Å². The van der Waals surface area contributed by atoms with Gasteiger partial charge in [-0.2, -0.15) is 9.78 Å². The molecule has 0 spiro atoms. The number of esters is 1. The lowest BCUT2D eigenvalue weighted by Crippen LogP contribution is -2.19. The third-order valence-corrected chi connectivity index (χ3v) is 2.99. The fourth-order valence-corrected chi connectivity index (χ4v) is 1.78. The van der Waals surface area contributed by atoms with E-state index in [0.29, 0.717) is 6.42 Å². The van der Waals surface area contributed by atoms with Gasteiger partial charge in [0.2, 0.25) is 6.36 Å². The molecule has 1 unspecified atom stereocenters. The Hall–Kier alpha value is -3.30. The number of hydrogen-bond donors (Lipinski definition) is 0. The SMILES string of the molecule is CCCC(F)OC(=O)c1ccn(C(=O)Oc2ccc([N+](=O)[O-])cc2)n1. The fraction of sp³-hybridized carbons (Fsp3) is 0.267. The molecule has 1 aromatic carbocycles. The highest BCUT2D eigenvalue weighted by Gasteiger charge is 2.19. The van der Waals surface area contributed by atoms with Gasteiger partial charge in [0.25, 0.3) is 5.69 Å². The van der Waals surface area contributed by atoms with Crippen molar-refractivity contribution in [1.82, 2.24) is 9.78 Å². The predicted molar refractivity (Wildman–Crippen MR) is 82.0 cm³/mol. The fourth-order valence-electron chi connectivity index (χ4n) is 1.78. The van der Waals surface area contributed by atoms with E-state index in [9.17, 15) is 24.1 Å². The van der Waals surface area contributed by atoms with Crippen molar-refractivity contribution >= 4 is 17.7 Å². The number of halogens is 1. The van der Waals surface area contributed by atoms with Crippen molar-refractivity contribution in [2.45, 2.75) is 26.1 Å². The minimum absolute atomic E-state index is 0.0574. The topological polar surface area (TPSA) is 114 Å². The Morgan fingerprint density at radius 3 is 2.60 bits per heavy atom. The van der Waals surface area contributed by atoms with Crippen LogP contribution in [0.5, 0.6) is 5.75 Å². The van der Waals surface area contributed by atoms with E-state index in [0.717, 1.165) is 10.9 Å². The van der Waals surface area contributed by atoms with Crippen molar-refractivity contribution in [1.29, 1.82) is 0 Å². The Kier molecular flexibility index (Phi) is 5.77. The summed E-state index contributed by atoms with van der Waals surface area (Å²) < 4.78 is 23.5. The van der Waals surface area contributed by atoms with E-state index < -0.39 is 23.3 Å². The first kappa shape index (κ1) is 18.0. The van der Waals surface area contributed by atoms with Crippen molar-refractivity contribution in [3.05, 3.63) is 52.3 Å². The number of alkyl halides is 1. The normalized spacial score (nSPS) is 11.6. The van der Waals surface area contributed by atoms with E-state index in [1.54, 1.807) is 6.92 Å². The van der Waals surface area contributed by atoms with Crippen LogP contribution in [0.4, 0.5) is 14.9 Å². The number of carbonyl (C=O) groups excluding carboxylic acids is 2. The van der Waals surface area contributed by atoms with Crippen LogP contribution in [0.15, 0.2) is 36.5 Å². The molecule has 0 aliphatic carbocycles. The molecule has 0 saturated carbocycles. The maximum absolute atomic E-state index is 13.3. The molecule has 0 N–H and O–H groups in total. The Bertz CT molecular complexity index is 774. The molecule has 0 bridgehead atoms. The summed E-state index contributed by atoms with van der Waals surface area (Å²) in [6.07, 6.45) is -0.968. The van der Waals surface area contributed by atoms with Crippen molar-refractivity contribution in [3.8, 4) is 5.75 Å². The Morgan fingerprint density at radius 2 is 2.00 bits per heavy atom. The number of non-ortho nitro benzene ring substituents is 1. The van der Waals surface area contributed by atoms with Gasteiger partial charge in [-0.15, -0.1) is 0 Å². The molecule has 1 heterocycles. The number of benzene rings is 1. The first-order chi connectivity index (χ1) is 11.9. The zero-order valence-electron chi connectivity index (χ0n) is 13.1. The maximum Gasteiger partial charge on any atom is 0.440 e. The van der Waals surface area contributed by atoms with E-state index in [1.807, 2.05) is 0 Å². The molecule has 0 aliphatic rings. The first-order valence-electron chi connectivity index (χ1n) is 7.28. The average Bonchev–Trinajstić information content (AvgIpc) is 3.05. The minimum Gasteiger partial charge on any atom is -0.426 e. The summed E-state index contributed by atoms with van der Waals surface area (Å²) >= 11 is 0. The number of carbonyl (C=O) groups is 2. The van der Waals surface area contributed by atoms with Crippen LogP contribution in [0.3, 0.4) is 0 Å². The quantitative estimate of drug-likeness (QED) is 0.446. The molecule has 2 aromatic rings. The summed E-state index contributed by atoms with van der Waals surface area (Å²) in [6, 6.07) is 6.01. The lowest BCUT2D eigenvalue weighted by molar-refractivity contribution is -0.384. The maximum atomic E-state index is 13.3. The molecule has 0 amide bonds. The van der Waals surface area contributed by atoms with Crippen LogP contribution in [0.25, 0.3) is 0 Å². The van der Waals surface area contributed by atoms with Crippen LogP contribution in [0.1, 0.15) is 30.3 Å². The number of hydrogen-bond acceptors (Lipinski definition) is 7. The average molecular weight is 351 g/mol. The van der Waals surface area contributed by atoms with Crippen molar-refractivity contribution in [2.24, 2.45) is 0 Å². The minimum atomic E-state index is -1.74. The van der Waals surface area contributed by atoms with Crippen LogP contribution < -0.4 is 4.74 Å². The monoisotopic (exact) mass is 351 g/mol. The van der Waals surface area contributed by atoms with E-state index in [1.165, 1.54) is 30.3 Å². The zero-order chi connectivity index (χ0) is 18.4. The van der Waals surface area contributed by atoms with Gasteiger partial charge in [0.15, 0.2) is 5.69 Å². The molecule has 132 valence electrons. The van der Waals surface area contributed by atoms with Crippen LogP contribution >= 0.6 is 0 Å². The van der Waals surface area contributed by atoms with Gasteiger partial charge in [0.1, 0.15) is 5.75 Å². The molecule has 1 aromatic heterocycles. The van der Waals surface area contributed by atoms with Crippen LogP contribution in [0, 0.1) is 10.1 Å². The van der Waals surface area contributed by atoms with E-state index >= 15 is 0 Å². The number of nitrogens with zero attached hydrogens (tertiary/aromatic N) is 3. The number of nitro benzene ring substituents is 1. The van der Waals surface area contributed by atoms with Crippen LogP contribution in [-0.2, 0) is 4.74 Å². The summed E-state index contributed by atoms with van der Waals surface area (Å²) in [6.45, 7) is 1.74. The summed E-state index contributed by atoms with van der Waals surface area (Å²) in [7, 11) is 0. The molecule has 9 nitrogen and oxygen atoms in total. The molecule has 0 aliphatic heterocycles. The molecule has 0 saturated heterocycles. The van der Waals surface area contributed by atoms with Gasteiger partial charge in [-0.25, -0.2) is 14.0 Å². The standard InChI is InChI=1S/C15H14FN3O6/c1-2-3-13(16)25-14(20)12-8-9-18(17-12)15(21)24-11-6-4-10(5-7-11)19(22)23/h4-9,13H,2-3H2,1H3. The molecular formula is C15H14FN3O6. The highest BCUT2D eigenvalue weighted by molar-refractivity contribution is 5.87. The summed E-state index contributed by atoms with van der Waals surface area (Å²) in [5, 5.41) is 14.2. The number of aromatic nitrogens is 2. The molecule has 0 fully saturated rings. The Labute approximate surface area is 141 Å². The van der Waals surface area contributed by atoms with Gasteiger partial charge in [-0.1, -0.05) is 6.92 Å². The van der Waals surface area contributed by atoms with Crippen molar-refractivity contribution < 1.29 is 28.4 Å². The highest BCUT2D eigenvalue weighted by atomic mass is 19.1. The van der Waals surface area contributed by atoms with Gasteiger partial charge in [-0.3, -0.25) is 10.1 Å². The molecular weight excluding hydrogens is 337 g/mol. The molecule has 1 atom stereocenters. The summed E-state index contributed by atoms with van der Waals surface area (Å²) in [5.41, 5.74) is -0.406. The lowest BCUT2D eigenvalue weighted by Gasteiger charge is -2.07. The first-order valence-corrected chi connectivity index (χ1v) is 7.28. The largest absolute Gasteiger partial charge is 0.440 e. The zero-order valence-corrected chi connectivity index (χ0v) is 13.1. The van der Waals surface area contributed by atoms with Gasteiger partial charge in [0, 0.05) is 24.8 Å². The Balaban J connectivity index is 2.00.